The van der Waals surface area contributed by atoms with Crippen molar-refractivity contribution in [2.45, 2.75) is 58.9 Å². The number of carbonyl (C=O) groups excluding carboxylic acids is 2. The van der Waals surface area contributed by atoms with Crippen molar-refractivity contribution in [3.8, 4) is 0 Å². The molecule has 1 rings (SSSR count). The van der Waals surface area contributed by atoms with Crippen LogP contribution in [-0.2, 0) is 4.79 Å². The minimum Gasteiger partial charge on any atom is -0.273 e. The van der Waals surface area contributed by atoms with Crippen molar-refractivity contribution >= 4 is 11.8 Å². The van der Waals surface area contributed by atoms with E-state index in [1.54, 1.807) is 24.3 Å². The summed E-state index contributed by atoms with van der Waals surface area (Å²) in [7, 11) is 0. The molecule has 0 radical (unpaired) electrons. The van der Waals surface area contributed by atoms with Crippen LogP contribution in [0, 0.1) is 0 Å². The summed E-state index contributed by atoms with van der Waals surface area (Å²) in [5.74, 6) is -0.297. The summed E-state index contributed by atoms with van der Waals surface area (Å²) in [6.45, 7) is 7.84. The molecule has 0 aromatic heterocycles. The van der Waals surface area contributed by atoms with Gasteiger partial charge in [-0.2, -0.15) is 0 Å². The van der Waals surface area contributed by atoms with E-state index in [0.29, 0.717) is 12.0 Å². The van der Waals surface area contributed by atoms with E-state index in [0.717, 1.165) is 19.3 Å². The lowest BCUT2D eigenvalue weighted by Crippen LogP contribution is -2.55. The van der Waals surface area contributed by atoms with Gasteiger partial charge in [0, 0.05) is 12.0 Å². The maximum atomic E-state index is 12.3. The molecule has 116 valence electrons. The first-order chi connectivity index (χ1) is 9.86. The summed E-state index contributed by atoms with van der Waals surface area (Å²) in [6.07, 6.45) is 3.40. The van der Waals surface area contributed by atoms with Crippen molar-refractivity contribution in [3.63, 3.8) is 0 Å². The van der Waals surface area contributed by atoms with Gasteiger partial charge in [0.15, 0.2) is 0 Å². The first kappa shape index (κ1) is 17.2. The number of benzene rings is 1. The zero-order chi connectivity index (χ0) is 15.9. The molecule has 0 aliphatic carbocycles. The highest BCUT2D eigenvalue weighted by Crippen LogP contribution is 2.14. The third kappa shape index (κ3) is 5.58. The van der Waals surface area contributed by atoms with Gasteiger partial charge in [0.2, 0.25) is 5.91 Å². The van der Waals surface area contributed by atoms with Crippen molar-refractivity contribution in [2.24, 2.45) is 0 Å². The molecule has 0 fully saturated rings. The number of hydrazine groups is 1. The number of rotatable bonds is 5. The quantitative estimate of drug-likeness (QED) is 0.666. The first-order valence-corrected chi connectivity index (χ1v) is 7.55. The smallest absolute Gasteiger partial charge is 0.269 e. The predicted octanol–water partition coefficient (Wildman–Crippen LogP) is 3.54. The molecular formula is C17H26N2O2. The molecule has 0 unspecified atom stereocenters. The van der Waals surface area contributed by atoms with Gasteiger partial charge in [0.25, 0.3) is 5.91 Å². The SMILES string of the molecule is CCCCCC(=O)N(NC(=O)c1ccccc1)C(C)(C)C. The number of unbranched alkanes of at least 4 members (excludes halogenated alkanes) is 2. The fourth-order valence-electron chi connectivity index (χ4n) is 2.00. The van der Waals surface area contributed by atoms with Gasteiger partial charge in [0.05, 0.1) is 5.54 Å². The minimum atomic E-state index is -0.451. The Morgan fingerprint density at radius 2 is 1.71 bits per heavy atom. The number of hydrogen-bond acceptors (Lipinski definition) is 2. The number of nitrogens with one attached hydrogen (secondary N) is 1. The average Bonchev–Trinajstić information content (AvgIpc) is 2.44. The van der Waals surface area contributed by atoms with Crippen molar-refractivity contribution < 1.29 is 9.59 Å². The van der Waals surface area contributed by atoms with Gasteiger partial charge >= 0.3 is 0 Å². The molecule has 21 heavy (non-hydrogen) atoms. The number of carbonyl (C=O) groups is 2. The van der Waals surface area contributed by atoms with Crippen LogP contribution in [0.3, 0.4) is 0 Å². The molecule has 0 aliphatic heterocycles. The second-order valence-corrected chi connectivity index (χ2v) is 6.16. The third-order valence-corrected chi connectivity index (χ3v) is 3.16. The van der Waals surface area contributed by atoms with Gasteiger partial charge in [-0.3, -0.25) is 15.0 Å². The van der Waals surface area contributed by atoms with Crippen LogP contribution in [0.5, 0.6) is 0 Å². The Bertz CT molecular complexity index is 463. The van der Waals surface area contributed by atoms with Gasteiger partial charge in [-0.15, -0.1) is 0 Å². The monoisotopic (exact) mass is 290 g/mol. The van der Waals surface area contributed by atoms with Gasteiger partial charge in [0.1, 0.15) is 0 Å². The van der Waals surface area contributed by atoms with E-state index in [2.05, 4.69) is 12.3 Å². The second-order valence-electron chi connectivity index (χ2n) is 6.16. The molecule has 1 aromatic rings. The average molecular weight is 290 g/mol. The van der Waals surface area contributed by atoms with Crippen molar-refractivity contribution in [3.05, 3.63) is 35.9 Å². The van der Waals surface area contributed by atoms with Crippen LogP contribution in [0.2, 0.25) is 0 Å². The molecule has 4 nitrogen and oxygen atoms in total. The third-order valence-electron chi connectivity index (χ3n) is 3.16. The predicted molar refractivity (Wildman–Crippen MR) is 84.6 cm³/mol. The van der Waals surface area contributed by atoms with Crippen LogP contribution >= 0.6 is 0 Å². The van der Waals surface area contributed by atoms with Gasteiger partial charge in [-0.1, -0.05) is 38.0 Å². The van der Waals surface area contributed by atoms with Crippen LogP contribution in [0.15, 0.2) is 30.3 Å². The molecule has 0 heterocycles. The Labute approximate surface area is 127 Å². The van der Waals surface area contributed by atoms with Crippen LogP contribution in [0.4, 0.5) is 0 Å². The van der Waals surface area contributed by atoms with Crippen LogP contribution in [0.25, 0.3) is 0 Å². The van der Waals surface area contributed by atoms with Gasteiger partial charge in [-0.05, 0) is 39.3 Å². The minimum absolute atomic E-state index is 0.0415. The molecule has 4 heteroatoms. The Morgan fingerprint density at radius 3 is 2.24 bits per heavy atom. The Kier molecular flexibility index (Phi) is 6.40. The molecule has 0 aliphatic rings. The lowest BCUT2D eigenvalue weighted by atomic mass is 10.1. The summed E-state index contributed by atoms with van der Waals surface area (Å²) in [6, 6.07) is 8.93. The summed E-state index contributed by atoms with van der Waals surface area (Å²) in [5.41, 5.74) is 2.84. The van der Waals surface area contributed by atoms with E-state index in [4.69, 9.17) is 0 Å². The van der Waals surface area contributed by atoms with E-state index < -0.39 is 5.54 Å². The molecule has 0 atom stereocenters. The molecule has 0 saturated heterocycles. The molecule has 1 aromatic carbocycles. The normalized spacial score (nSPS) is 11.0. The Hall–Kier alpha value is -1.84. The topological polar surface area (TPSA) is 49.4 Å². The van der Waals surface area contributed by atoms with E-state index in [1.165, 1.54) is 5.01 Å². The Balaban J connectivity index is 2.75. The molecular weight excluding hydrogens is 264 g/mol. The van der Waals surface area contributed by atoms with Crippen LogP contribution < -0.4 is 5.43 Å². The lowest BCUT2D eigenvalue weighted by molar-refractivity contribution is -0.139. The van der Waals surface area contributed by atoms with E-state index in [9.17, 15) is 9.59 Å². The maximum Gasteiger partial charge on any atom is 0.269 e. The molecule has 0 bridgehead atoms. The second kappa shape index (κ2) is 7.81. The Morgan fingerprint density at radius 1 is 1.10 bits per heavy atom. The summed E-state index contributed by atoms with van der Waals surface area (Å²) < 4.78 is 0. The summed E-state index contributed by atoms with van der Waals surface area (Å²) in [5, 5.41) is 1.46. The number of hydrogen-bond donors (Lipinski definition) is 1. The summed E-state index contributed by atoms with van der Waals surface area (Å²) in [4.78, 5) is 24.6. The van der Waals surface area contributed by atoms with Gasteiger partial charge in [-0.25, -0.2) is 5.01 Å². The van der Waals surface area contributed by atoms with Gasteiger partial charge < -0.3 is 0 Å². The standard InChI is InChI=1S/C17H26N2O2/c1-5-6-8-13-15(20)19(17(2,3)4)18-16(21)14-11-9-7-10-12-14/h7,9-12H,5-6,8,13H2,1-4H3,(H,18,21). The highest BCUT2D eigenvalue weighted by Gasteiger charge is 2.28. The molecule has 0 spiro atoms. The highest BCUT2D eigenvalue weighted by atomic mass is 16.2. The molecule has 0 saturated carbocycles. The fraction of sp³-hybridized carbons (Fsp3) is 0.529. The lowest BCUT2D eigenvalue weighted by Gasteiger charge is -2.35. The van der Waals surface area contributed by atoms with Crippen LogP contribution in [-0.4, -0.2) is 22.4 Å². The van der Waals surface area contributed by atoms with Crippen molar-refractivity contribution in [1.82, 2.24) is 10.4 Å². The van der Waals surface area contributed by atoms with Crippen molar-refractivity contribution in [1.29, 1.82) is 0 Å². The van der Waals surface area contributed by atoms with E-state index >= 15 is 0 Å². The highest BCUT2D eigenvalue weighted by molar-refractivity contribution is 5.95. The first-order valence-electron chi connectivity index (χ1n) is 7.55. The number of nitrogens with zero attached hydrogens (tertiary/aromatic N) is 1. The zero-order valence-electron chi connectivity index (χ0n) is 13.5. The molecule has 1 N–H and O–H groups in total. The van der Waals surface area contributed by atoms with E-state index in [1.807, 2.05) is 26.8 Å². The molecule has 2 amide bonds. The fourth-order valence-corrected chi connectivity index (χ4v) is 2.00. The summed E-state index contributed by atoms with van der Waals surface area (Å²) >= 11 is 0. The number of amides is 2. The van der Waals surface area contributed by atoms with Crippen molar-refractivity contribution in [2.75, 3.05) is 0 Å². The maximum absolute atomic E-state index is 12.3. The van der Waals surface area contributed by atoms with Crippen LogP contribution in [0.1, 0.15) is 63.7 Å². The van der Waals surface area contributed by atoms with E-state index in [-0.39, 0.29) is 11.8 Å². The largest absolute Gasteiger partial charge is 0.273 e. The zero-order valence-corrected chi connectivity index (χ0v) is 13.5.